The van der Waals surface area contributed by atoms with Crippen molar-refractivity contribution in [2.45, 2.75) is 6.92 Å². The number of aromatic nitrogens is 3. The van der Waals surface area contributed by atoms with Crippen molar-refractivity contribution in [1.82, 2.24) is 15.0 Å². The maximum Gasteiger partial charge on any atom is 0.231 e. The molecule has 0 saturated carbocycles. The molecule has 2 aromatic heterocycles. The van der Waals surface area contributed by atoms with Gasteiger partial charge in [-0.15, -0.1) is 0 Å². The van der Waals surface area contributed by atoms with Crippen molar-refractivity contribution in [1.29, 1.82) is 0 Å². The van der Waals surface area contributed by atoms with Crippen LogP contribution in [0.4, 0.5) is 0 Å². The van der Waals surface area contributed by atoms with Gasteiger partial charge in [-0.2, -0.15) is 4.98 Å². The molecule has 0 spiro atoms. The summed E-state index contributed by atoms with van der Waals surface area (Å²) in [6.07, 6.45) is 1.65. The summed E-state index contributed by atoms with van der Waals surface area (Å²) < 4.78 is 5.73. The van der Waals surface area contributed by atoms with E-state index in [1.807, 2.05) is 43.3 Å². The predicted octanol–water partition coefficient (Wildman–Crippen LogP) is 3.78. The van der Waals surface area contributed by atoms with Crippen LogP contribution in [0.25, 0.3) is 10.9 Å². The molecule has 19 heavy (non-hydrogen) atoms. The van der Waals surface area contributed by atoms with Gasteiger partial charge in [0.2, 0.25) is 11.2 Å². The third-order valence-corrected chi connectivity index (χ3v) is 2.81. The van der Waals surface area contributed by atoms with Gasteiger partial charge in [0.05, 0.1) is 17.1 Å². The maximum atomic E-state index is 5.90. The van der Waals surface area contributed by atoms with Crippen LogP contribution < -0.4 is 4.74 Å². The lowest BCUT2D eigenvalue weighted by atomic mass is 10.2. The molecule has 0 fully saturated rings. The lowest BCUT2D eigenvalue weighted by molar-refractivity contribution is 0.466. The van der Waals surface area contributed by atoms with Gasteiger partial charge in [0.25, 0.3) is 0 Å². The number of benzene rings is 1. The van der Waals surface area contributed by atoms with Crippen LogP contribution in [0.15, 0.2) is 42.6 Å². The molecule has 0 amide bonds. The number of hydrogen-bond acceptors (Lipinski definition) is 4. The Balaban J connectivity index is 2.07. The van der Waals surface area contributed by atoms with E-state index in [1.165, 1.54) is 0 Å². The SMILES string of the molecule is Cc1ccc(Oc2nc(Cl)nc3ccccc23)cn1. The van der Waals surface area contributed by atoms with E-state index in [4.69, 9.17) is 16.3 Å². The Hall–Kier alpha value is -2.20. The second-order valence-corrected chi connectivity index (χ2v) is 4.39. The molecule has 94 valence electrons. The molecule has 4 nitrogen and oxygen atoms in total. The van der Waals surface area contributed by atoms with Gasteiger partial charge in [-0.25, -0.2) is 4.98 Å². The molecule has 3 rings (SSSR count). The number of rotatable bonds is 2. The van der Waals surface area contributed by atoms with Crippen molar-refractivity contribution < 1.29 is 4.74 Å². The molecule has 0 atom stereocenters. The Morgan fingerprint density at radius 2 is 1.89 bits per heavy atom. The molecule has 3 aromatic rings. The lowest BCUT2D eigenvalue weighted by Gasteiger charge is -2.07. The topological polar surface area (TPSA) is 47.9 Å². The first-order valence-electron chi connectivity index (χ1n) is 5.75. The van der Waals surface area contributed by atoms with E-state index in [2.05, 4.69) is 15.0 Å². The number of pyridine rings is 1. The van der Waals surface area contributed by atoms with Crippen LogP contribution in [0.2, 0.25) is 5.28 Å². The number of halogens is 1. The molecule has 1 aromatic carbocycles. The van der Waals surface area contributed by atoms with E-state index in [-0.39, 0.29) is 5.28 Å². The zero-order chi connectivity index (χ0) is 13.2. The van der Waals surface area contributed by atoms with E-state index in [0.717, 1.165) is 16.6 Å². The summed E-state index contributed by atoms with van der Waals surface area (Å²) in [6.45, 7) is 1.92. The third kappa shape index (κ3) is 2.48. The van der Waals surface area contributed by atoms with Gasteiger partial charge in [0.1, 0.15) is 5.75 Å². The van der Waals surface area contributed by atoms with Crippen LogP contribution in [0.1, 0.15) is 5.69 Å². The average molecular weight is 272 g/mol. The molecule has 0 unspecified atom stereocenters. The lowest BCUT2D eigenvalue weighted by Crippen LogP contribution is -1.93. The molecule has 0 radical (unpaired) electrons. The van der Waals surface area contributed by atoms with Crippen molar-refractivity contribution in [3.8, 4) is 11.6 Å². The van der Waals surface area contributed by atoms with Gasteiger partial charge in [0, 0.05) is 5.69 Å². The van der Waals surface area contributed by atoms with E-state index >= 15 is 0 Å². The molecule has 0 aliphatic carbocycles. The van der Waals surface area contributed by atoms with Crippen molar-refractivity contribution in [2.75, 3.05) is 0 Å². The monoisotopic (exact) mass is 271 g/mol. The van der Waals surface area contributed by atoms with E-state index in [9.17, 15) is 0 Å². The largest absolute Gasteiger partial charge is 0.437 e. The Morgan fingerprint density at radius 1 is 1.05 bits per heavy atom. The second-order valence-electron chi connectivity index (χ2n) is 4.05. The van der Waals surface area contributed by atoms with Crippen LogP contribution in [0, 0.1) is 6.92 Å². The average Bonchev–Trinajstić information content (AvgIpc) is 2.41. The van der Waals surface area contributed by atoms with E-state index in [0.29, 0.717) is 11.6 Å². The van der Waals surface area contributed by atoms with Gasteiger partial charge < -0.3 is 4.74 Å². The number of hydrogen-bond donors (Lipinski definition) is 0. The fourth-order valence-electron chi connectivity index (χ4n) is 1.72. The van der Waals surface area contributed by atoms with Gasteiger partial charge >= 0.3 is 0 Å². The second kappa shape index (κ2) is 4.82. The van der Waals surface area contributed by atoms with Gasteiger partial charge in [-0.05, 0) is 42.8 Å². The molecule has 0 saturated heterocycles. The van der Waals surface area contributed by atoms with Crippen LogP contribution in [-0.4, -0.2) is 15.0 Å². The molecular weight excluding hydrogens is 262 g/mol. The zero-order valence-corrected chi connectivity index (χ0v) is 10.9. The summed E-state index contributed by atoms with van der Waals surface area (Å²) in [6, 6.07) is 11.3. The fraction of sp³-hybridized carbons (Fsp3) is 0.0714. The third-order valence-electron chi connectivity index (χ3n) is 2.64. The number of ether oxygens (including phenoxy) is 1. The van der Waals surface area contributed by atoms with Crippen molar-refractivity contribution >= 4 is 22.5 Å². The molecule has 0 aliphatic rings. The summed E-state index contributed by atoms with van der Waals surface area (Å²) in [5.41, 5.74) is 1.68. The number of fused-ring (bicyclic) bond motifs is 1. The Bertz CT molecular complexity index is 728. The van der Waals surface area contributed by atoms with Crippen LogP contribution in [0.3, 0.4) is 0 Å². The summed E-state index contributed by atoms with van der Waals surface area (Å²) >= 11 is 5.90. The minimum Gasteiger partial charge on any atom is -0.437 e. The number of aryl methyl sites for hydroxylation is 1. The van der Waals surface area contributed by atoms with Crippen LogP contribution in [-0.2, 0) is 0 Å². The summed E-state index contributed by atoms with van der Waals surface area (Å²) in [7, 11) is 0. The highest BCUT2D eigenvalue weighted by molar-refractivity contribution is 6.28. The van der Waals surface area contributed by atoms with E-state index in [1.54, 1.807) is 6.20 Å². The Labute approximate surface area is 115 Å². The maximum absolute atomic E-state index is 5.90. The number of para-hydroxylation sites is 1. The molecule has 2 heterocycles. The Kier molecular flexibility index (Phi) is 3.01. The van der Waals surface area contributed by atoms with Gasteiger partial charge in [-0.3, -0.25) is 4.98 Å². The highest BCUT2D eigenvalue weighted by Gasteiger charge is 2.08. The minimum atomic E-state index is 0.161. The molecule has 0 aliphatic heterocycles. The minimum absolute atomic E-state index is 0.161. The highest BCUT2D eigenvalue weighted by Crippen LogP contribution is 2.27. The summed E-state index contributed by atoms with van der Waals surface area (Å²) in [4.78, 5) is 12.5. The standard InChI is InChI=1S/C14H10ClN3O/c1-9-6-7-10(8-16-9)19-13-11-4-2-3-5-12(11)17-14(15)18-13/h2-8H,1H3. The first kappa shape index (κ1) is 11.9. The highest BCUT2D eigenvalue weighted by atomic mass is 35.5. The first-order chi connectivity index (χ1) is 9.22. The van der Waals surface area contributed by atoms with E-state index < -0.39 is 0 Å². The quantitative estimate of drug-likeness (QED) is 0.666. The summed E-state index contributed by atoms with van der Waals surface area (Å²) in [5.74, 6) is 1.05. The van der Waals surface area contributed by atoms with Crippen molar-refractivity contribution in [2.24, 2.45) is 0 Å². The zero-order valence-electron chi connectivity index (χ0n) is 10.2. The normalized spacial score (nSPS) is 10.6. The molecule has 0 bridgehead atoms. The predicted molar refractivity (Wildman–Crippen MR) is 73.6 cm³/mol. The fourth-order valence-corrected chi connectivity index (χ4v) is 1.89. The molecular formula is C14H10ClN3O. The van der Waals surface area contributed by atoms with Gasteiger partial charge in [0.15, 0.2) is 0 Å². The molecule has 0 N–H and O–H groups in total. The first-order valence-corrected chi connectivity index (χ1v) is 6.13. The number of nitrogens with zero attached hydrogens (tertiary/aromatic N) is 3. The van der Waals surface area contributed by atoms with Crippen molar-refractivity contribution in [3.05, 3.63) is 53.6 Å². The van der Waals surface area contributed by atoms with Crippen molar-refractivity contribution in [3.63, 3.8) is 0 Å². The Morgan fingerprint density at radius 3 is 2.68 bits per heavy atom. The molecule has 5 heteroatoms. The van der Waals surface area contributed by atoms with Crippen LogP contribution in [0.5, 0.6) is 11.6 Å². The summed E-state index contributed by atoms with van der Waals surface area (Å²) in [5, 5.41) is 0.973. The van der Waals surface area contributed by atoms with Crippen LogP contribution >= 0.6 is 11.6 Å². The van der Waals surface area contributed by atoms with Gasteiger partial charge in [-0.1, -0.05) is 12.1 Å². The smallest absolute Gasteiger partial charge is 0.231 e.